The number of ether oxygens (including phenoxy) is 1. The van der Waals surface area contributed by atoms with E-state index in [1.807, 2.05) is 47.4 Å². The average molecular weight is 363 g/mol. The molecule has 2 aromatic rings. The highest BCUT2D eigenvalue weighted by atomic mass is 16.5. The molecular formula is C22H21NO4. The van der Waals surface area contributed by atoms with Crippen LogP contribution in [0.4, 0.5) is 0 Å². The van der Waals surface area contributed by atoms with Crippen molar-refractivity contribution in [2.24, 2.45) is 0 Å². The molecule has 2 aliphatic rings. The Hall–Kier alpha value is -3.08. The standard InChI is InChI=1S/C22H21NO4/c1-26-22(25)17-10-11-19-16(12-13-27-19)21(17)18-8-5-9-20(24)23(18)14-15-6-3-2-4-7-15/h2-7,9,12-13,18H,8,10-11,14H2,1H3/t18-/m1/s1. The number of benzene rings is 1. The third kappa shape index (κ3) is 3.21. The quantitative estimate of drug-likeness (QED) is 0.780. The number of carbonyl (C=O) groups is 2. The summed E-state index contributed by atoms with van der Waals surface area (Å²) in [4.78, 5) is 27.0. The van der Waals surface area contributed by atoms with Crippen LogP contribution in [-0.2, 0) is 27.3 Å². The minimum Gasteiger partial charge on any atom is -0.469 e. The lowest BCUT2D eigenvalue weighted by molar-refractivity contribution is -0.136. The molecule has 1 amide bonds. The minimum absolute atomic E-state index is 0.0533. The van der Waals surface area contributed by atoms with Crippen LogP contribution in [0.15, 0.2) is 64.8 Å². The molecule has 1 atom stereocenters. The molecule has 4 rings (SSSR count). The maximum atomic E-state index is 12.7. The Morgan fingerprint density at radius 2 is 2.04 bits per heavy atom. The van der Waals surface area contributed by atoms with Gasteiger partial charge in [-0.15, -0.1) is 0 Å². The van der Waals surface area contributed by atoms with Crippen molar-refractivity contribution in [3.8, 4) is 0 Å². The lowest BCUT2D eigenvalue weighted by Gasteiger charge is -2.37. The van der Waals surface area contributed by atoms with Crippen molar-refractivity contribution in [1.82, 2.24) is 4.90 Å². The van der Waals surface area contributed by atoms with Crippen molar-refractivity contribution in [3.05, 3.63) is 77.3 Å². The molecule has 5 nitrogen and oxygen atoms in total. The van der Waals surface area contributed by atoms with Crippen molar-refractivity contribution in [2.45, 2.75) is 31.8 Å². The van der Waals surface area contributed by atoms with Gasteiger partial charge < -0.3 is 14.1 Å². The Kier molecular flexibility index (Phi) is 4.67. The number of amides is 1. The summed E-state index contributed by atoms with van der Waals surface area (Å²) in [6.07, 6.45) is 7.00. The van der Waals surface area contributed by atoms with Crippen LogP contribution in [0, 0.1) is 0 Å². The van der Waals surface area contributed by atoms with Crippen molar-refractivity contribution in [2.75, 3.05) is 7.11 Å². The number of fused-ring (bicyclic) bond motifs is 1. The predicted molar refractivity (Wildman–Crippen MR) is 101 cm³/mol. The average Bonchev–Trinajstić information content (AvgIpc) is 3.18. The maximum Gasteiger partial charge on any atom is 0.334 e. The zero-order chi connectivity index (χ0) is 18.8. The van der Waals surface area contributed by atoms with Crippen molar-refractivity contribution in [1.29, 1.82) is 0 Å². The molecule has 5 heteroatoms. The van der Waals surface area contributed by atoms with Gasteiger partial charge in [0.1, 0.15) is 5.76 Å². The largest absolute Gasteiger partial charge is 0.469 e. The van der Waals surface area contributed by atoms with Crippen LogP contribution in [0.1, 0.15) is 29.7 Å². The first-order valence-electron chi connectivity index (χ1n) is 9.08. The first-order chi connectivity index (χ1) is 13.2. The molecular weight excluding hydrogens is 342 g/mol. The van der Waals surface area contributed by atoms with Crippen LogP contribution < -0.4 is 0 Å². The van der Waals surface area contributed by atoms with Gasteiger partial charge in [0.05, 0.1) is 19.4 Å². The lowest BCUT2D eigenvalue weighted by atomic mass is 9.83. The zero-order valence-electron chi connectivity index (χ0n) is 15.2. The van der Waals surface area contributed by atoms with E-state index in [9.17, 15) is 9.59 Å². The molecule has 1 aliphatic heterocycles. The van der Waals surface area contributed by atoms with E-state index in [1.54, 1.807) is 12.3 Å². The van der Waals surface area contributed by atoms with Gasteiger partial charge in [-0.3, -0.25) is 4.79 Å². The van der Waals surface area contributed by atoms with Crippen LogP contribution in [-0.4, -0.2) is 29.9 Å². The number of hydrogen-bond acceptors (Lipinski definition) is 4. The first-order valence-corrected chi connectivity index (χ1v) is 9.08. The van der Waals surface area contributed by atoms with Crippen molar-refractivity contribution >= 4 is 17.4 Å². The van der Waals surface area contributed by atoms with E-state index in [4.69, 9.17) is 9.15 Å². The zero-order valence-corrected chi connectivity index (χ0v) is 15.2. The lowest BCUT2D eigenvalue weighted by Crippen LogP contribution is -2.42. The Labute approximate surface area is 157 Å². The Bertz CT molecular complexity index is 923. The van der Waals surface area contributed by atoms with Crippen LogP contribution in [0.5, 0.6) is 0 Å². The second-order valence-corrected chi connectivity index (χ2v) is 6.75. The van der Waals surface area contributed by atoms with Gasteiger partial charge in [0.15, 0.2) is 0 Å². The highest BCUT2D eigenvalue weighted by Crippen LogP contribution is 2.39. The van der Waals surface area contributed by atoms with Gasteiger partial charge in [-0.1, -0.05) is 36.4 Å². The van der Waals surface area contributed by atoms with Gasteiger partial charge >= 0.3 is 5.97 Å². The van der Waals surface area contributed by atoms with Gasteiger partial charge in [-0.2, -0.15) is 0 Å². The third-order valence-electron chi connectivity index (χ3n) is 5.20. The molecule has 0 saturated carbocycles. The number of rotatable bonds is 4. The van der Waals surface area contributed by atoms with Crippen LogP contribution in [0.2, 0.25) is 0 Å². The minimum atomic E-state index is -0.335. The number of methoxy groups -OCH3 is 1. The molecule has 0 unspecified atom stereocenters. The van der Waals surface area contributed by atoms with E-state index >= 15 is 0 Å². The summed E-state index contributed by atoms with van der Waals surface area (Å²) >= 11 is 0. The summed E-state index contributed by atoms with van der Waals surface area (Å²) < 4.78 is 10.6. The fraction of sp³-hybridized carbons (Fsp3) is 0.273. The topological polar surface area (TPSA) is 59.8 Å². The van der Waals surface area contributed by atoms with E-state index in [0.29, 0.717) is 31.4 Å². The van der Waals surface area contributed by atoms with E-state index in [1.165, 1.54) is 7.11 Å². The van der Waals surface area contributed by atoms with E-state index < -0.39 is 0 Å². The number of hydrogen-bond donors (Lipinski definition) is 0. The smallest absolute Gasteiger partial charge is 0.334 e. The maximum absolute atomic E-state index is 12.7. The summed E-state index contributed by atoms with van der Waals surface area (Å²) in [5, 5.41) is 0. The molecule has 0 N–H and O–H groups in total. The van der Waals surface area contributed by atoms with Crippen LogP contribution >= 0.6 is 0 Å². The normalized spacial score (nSPS) is 19.2. The molecule has 0 saturated heterocycles. The van der Waals surface area contributed by atoms with Gasteiger partial charge in [-0.05, 0) is 36.1 Å². The summed E-state index contributed by atoms with van der Waals surface area (Å²) in [5.41, 5.74) is 3.45. The van der Waals surface area contributed by atoms with Gasteiger partial charge in [-0.25, -0.2) is 4.79 Å². The summed E-state index contributed by atoms with van der Waals surface area (Å²) in [5.74, 6) is 0.472. The molecule has 1 aromatic heterocycles. The molecule has 1 aromatic carbocycles. The molecule has 0 fully saturated rings. The molecule has 0 radical (unpaired) electrons. The fourth-order valence-corrected chi connectivity index (χ4v) is 3.94. The molecule has 1 aliphatic carbocycles. The van der Waals surface area contributed by atoms with Gasteiger partial charge in [0.2, 0.25) is 5.91 Å². The Morgan fingerprint density at radius 3 is 2.81 bits per heavy atom. The van der Waals surface area contributed by atoms with Crippen molar-refractivity contribution in [3.63, 3.8) is 0 Å². The number of aryl methyl sites for hydroxylation is 1. The van der Waals surface area contributed by atoms with Crippen LogP contribution in [0.25, 0.3) is 5.57 Å². The van der Waals surface area contributed by atoms with Gasteiger partial charge in [0.25, 0.3) is 0 Å². The second-order valence-electron chi connectivity index (χ2n) is 6.75. The number of furan rings is 1. The SMILES string of the molecule is COC(=O)C1=C([C@H]2CC=CC(=O)N2Cc2ccccc2)c2ccoc2CC1. The van der Waals surface area contributed by atoms with E-state index in [0.717, 1.165) is 22.5 Å². The van der Waals surface area contributed by atoms with E-state index in [-0.39, 0.29) is 17.9 Å². The van der Waals surface area contributed by atoms with Gasteiger partial charge in [0, 0.05) is 24.1 Å². The monoisotopic (exact) mass is 363 g/mol. The molecule has 0 spiro atoms. The molecule has 27 heavy (non-hydrogen) atoms. The molecule has 0 bridgehead atoms. The third-order valence-corrected chi connectivity index (χ3v) is 5.20. The van der Waals surface area contributed by atoms with Crippen LogP contribution in [0.3, 0.4) is 0 Å². The highest BCUT2D eigenvalue weighted by molar-refractivity contribution is 6.01. The predicted octanol–water partition coefficient (Wildman–Crippen LogP) is 3.51. The fourth-order valence-electron chi connectivity index (χ4n) is 3.94. The number of esters is 1. The number of carbonyl (C=O) groups excluding carboxylic acids is 2. The Balaban J connectivity index is 1.79. The number of nitrogens with zero attached hydrogens (tertiary/aromatic N) is 1. The van der Waals surface area contributed by atoms with Crippen molar-refractivity contribution < 1.29 is 18.7 Å². The van der Waals surface area contributed by atoms with E-state index in [2.05, 4.69) is 0 Å². The second kappa shape index (κ2) is 7.27. The highest BCUT2D eigenvalue weighted by Gasteiger charge is 2.36. The first kappa shape index (κ1) is 17.3. The summed E-state index contributed by atoms with van der Waals surface area (Å²) in [6.45, 7) is 0.486. The Morgan fingerprint density at radius 1 is 1.22 bits per heavy atom. The molecule has 2 heterocycles. The summed E-state index contributed by atoms with van der Waals surface area (Å²) in [7, 11) is 1.39. The summed E-state index contributed by atoms with van der Waals surface area (Å²) in [6, 6.07) is 11.5. The molecule has 138 valence electrons.